The summed E-state index contributed by atoms with van der Waals surface area (Å²) >= 11 is 6.98. The average Bonchev–Trinajstić information content (AvgIpc) is 2.71. The summed E-state index contributed by atoms with van der Waals surface area (Å²) in [7, 11) is 7.81. The Labute approximate surface area is 221 Å². The molecule has 0 aliphatic heterocycles. The molecule has 0 aromatic rings. The summed E-state index contributed by atoms with van der Waals surface area (Å²) in [6.45, 7) is 0. The van der Waals surface area contributed by atoms with Gasteiger partial charge in [-0.3, -0.25) is 19.2 Å². The van der Waals surface area contributed by atoms with Gasteiger partial charge in [-0.1, -0.05) is 64.8 Å². The maximum atomic E-state index is 9.86. The van der Waals surface area contributed by atoms with Crippen molar-refractivity contribution in [2.75, 3.05) is 46.5 Å². The second-order valence-electron chi connectivity index (χ2n) is 3.56. The van der Waals surface area contributed by atoms with Crippen molar-refractivity contribution < 1.29 is 39.6 Å². The van der Waals surface area contributed by atoms with E-state index in [-0.39, 0.29) is 23.0 Å². The fraction of sp³-hybridized carbons (Fsp3) is 0.667. The first-order valence-corrected chi connectivity index (χ1v) is 16.4. The van der Waals surface area contributed by atoms with Gasteiger partial charge in [0.2, 0.25) is 0 Å². The first kappa shape index (κ1) is 42.7. The zero-order chi connectivity index (χ0) is 26.2. The molecule has 0 atom stereocenters. The molecule has 0 amide bonds. The zero-order valence-corrected chi connectivity index (χ0v) is 23.4. The minimum absolute atomic E-state index is 0.0576. The molecule has 0 rings (SSSR count). The molecule has 0 spiro atoms. The van der Waals surface area contributed by atoms with Gasteiger partial charge >= 0.3 is 23.9 Å². The number of carboxylic acid groups (broad SMARTS) is 4. The van der Waals surface area contributed by atoms with Crippen molar-refractivity contribution in [3.8, 4) is 0 Å². The van der Waals surface area contributed by atoms with Crippen molar-refractivity contribution in [1.29, 1.82) is 0 Å². The van der Waals surface area contributed by atoms with Crippen molar-refractivity contribution in [3.63, 3.8) is 0 Å². The number of thiol groups is 2. The molecule has 0 fully saturated rings. The summed E-state index contributed by atoms with van der Waals surface area (Å²) in [6.07, 6.45) is 0. The van der Waals surface area contributed by atoms with Crippen LogP contribution in [0.4, 0.5) is 0 Å². The molecule has 0 aromatic carbocycles. The minimum atomic E-state index is -0.928. The van der Waals surface area contributed by atoms with Crippen LogP contribution in [-0.2, 0) is 19.2 Å². The van der Waals surface area contributed by atoms with Gasteiger partial charge < -0.3 is 43.4 Å². The molecule has 0 saturated heterocycles. The summed E-state index contributed by atoms with van der Waals surface area (Å²) in [5.74, 6) is -1.38. The van der Waals surface area contributed by atoms with Crippen molar-refractivity contribution in [2.24, 2.45) is 22.9 Å². The molecule has 32 heavy (non-hydrogen) atoms. The standard InChI is InChI=1S/C4H6O4S2.C3H7NO2S2.C2H8N2S2.C2H4O2S.CH5NS/c5-3(6)1-9-10-2-4(7)8;4-2-8-7-1-3(5)6;3-1-5-6-2-4;3-2(4)1-5;2-1-3/h1-2H2,(H,5,6)(H,7,8);1-2,4H2,(H,5,6);1-4H2;5H,1H2,(H,3,4);3H,1-2H2. The first-order valence-electron chi connectivity index (χ1n) is 7.62. The number of carbonyl (C=O) groups is 4. The predicted molar refractivity (Wildman–Crippen MR) is 150 cm³/mol. The van der Waals surface area contributed by atoms with Gasteiger partial charge in [-0.2, -0.15) is 25.3 Å². The van der Waals surface area contributed by atoms with E-state index in [9.17, 15) is 19.2 Å². The molecule has 194 valence electrons. The van der Waals surface area contributed by atoms with Crippen molar-refractivity contribution >= 4 is 114 Å². The van der Waals surface area contributed by atoms with Crippen molar-refractivity contribution in [3.05, 3.63) is 0 Å². The molecule has 0 radical (unpaired) electrons. The minimum Gasteiger partial charge on any atom is -0.481 e. The predicted octanol–water partition coefficient (Wildman–Crippen LogP) is 0.939. The second-order valence-corrected chi connectivity index (χ2v) is 11.8. The van der Waals surface area contributed by atoms with Crippen LogP contribution in [0.3, 0.4) is 0 Å². The molecule has 0 saturated carbocycles. The highest BCUT2D eigenvalue weighted by Crippen LogP contribution is 2.19. The molecule has 0 aromatic heterocycles. The summed E-state index contributed by atoms with van der Waals surface area (Å²) < 4.78 is 0. The second kappa shape index (κ2) is 41.7. The Balaban J connectivity index is -0.0000000999. The first-order chi connectivity index (χ1) is 15.0. The van der Waals surface area contributed by atoms with Crippen LogP contribution in [0.25, 0.3) is 0 Å². The molecular weight excluding hydrogens is 585 g/mol. The number of hydrogen-bond donors (Lipinski definition) is 10. The lowest BCUT2D eigenvalue weighted by atomic mass is 10.8. The van der Waals surface area contributed by atoms with Gasteiger partial charge in [-0.25, -0.2) is 0 Å². The lowest BCUT2D eigenvalue weighted by Gasteiger charge is -1.91. The van der Waals surface area contributed by atoms with Gasteiger partial charge in [0, 0.05) is 23.5 Å². The topological polar surface area (TPSA) is 253 Å². The molecule has 20 heteroatoms. The zero-order valence-electron chi connectivity index (χ0n) is 16.7. The van der Waals surface area contributed by atoms with Gasteiger partial charge in [0.25, 0.3) is 0 Å². The van der Waals surface area contributed by atoms with Crippen LogP contribution in [0, 0.1) is 0 Å². The Hall–Kier alpha value is 0.520. The molecule has 0 unspecified atom stereocenters. The Morgan fingerprint density at radius 3 is 0.875 bits per heavy atom. The lowest BCUT2D eigenvalue weighted by molar-refractivity contribution is -0.135. The molecule has 0 aliphatic rings. The number of carboxylic acids is 4. The Kier molecular flexibility index (Phi) is 55.7. The smallest absolute Gasteiger partial charge is 0.314 e. The van der Waals surface area contributed by atoms with E-state index >= 15 is 0 Å². The van der Waals surface area contributed by atoms with Crippen LogP contribution in [0.2, 0.25) is 0 Å². The molecule has 0 aliphatic carbocycles. The maximum Gasteiger partial charge on any atom is 0.314 e. The summed E-state index contributed by atoms with van der Waals surface area (Å²) in [5, 5.41) is 31.9. The van der Waals surface area contributed by atoms with Crippen LogP contribution in [0.1, 0.15) is 0 Å². The van der Waals surface area contributed by atoms with Crippen LogP contribution in [0.5, 0.6) is 0 Å². The van der Waals surface area contributed by atoms with Gasteiger partial charge in [-0.15, -0.1) is 0 Å². The number of aliphatic carboxylic acids is 4. The third kappa shape index (κ3) is 86.6. The van der Waals surface area contributed by atoms with Gasteiger partial charge in [0.1, 0.15) is 17.3 Å². The number of nitrogens with two attached hydrogens (primary N) is 4. The number of hydrogen-bond acceptors (Lipinski definition) is 16. The largest absolute Gasteiger partial charge is 0.481 e. The van der Waals surface area contributed by atoms with Gasteiger partial charge in [-0.05, 0) is 0 Å². The average molecular weight is 615 g/mol. The lowest BCUT2D eigenvalue weighted by Crippen LogP contribution is -1.99. The summed E-state index contributed by atoms with van der Waals surface area (Å²) in [6, 6.07) is 0. The quantitative estimate of drug-likeness (QED) is 0.0599. The van der Waals surface area contributed by atoms with E-state index in [1.165, 1.54) is 21.6 Å². The van der Waals surface area contributed by atoms with Gasteiger partial charge in [0.05, 0.1) is 5.75 Å². The van der Waals surface area contributed by atoms with Crippen LogP contribution < -0.4 is 22.9 Å². The molecule has 0 heterocycles. The SMILES string of the molecule is NCS.NCSSCC(=O)O.NCSSCN.O=C(O)CS.O=C(O)CSSCC(=O)O. The van der Waals surface area contributed by atoms with E-state index in [1.807, 2.05) is 0 Å². The highest BCUT2D eigenvalue weighted by atomic mass is 33.1. The fourth-order valence-corrected chi connectivity index (χ4v) is 3.79. The molecule has 12 N–H and O–H groups in total. The number of rotatable bonds is 13. The summed E-state index contributed by atoms with van der Waals surface area (Å²) in [4.78, 5) is 38.8. The Bertz CT molecular complexity index is 424. The van der Waals surface area contributed by atoms with E-state index in [4.69, 9.17) is 43.4 Å². The highest BCUT2D eigenvalue weighted by molar-refractivity contribution is 8.77. The fourth-order valence-electron chi connectivity index (χ4n) is 0.421. The van der Waals surface area contributed by atoms with E-state index < -0.39 is 23.9 Å². The third-order valence-corrected chi connectivity index (χ3v) is 7.20. The van der Waals surface area contributed by atoms with E-state index in [1.54, 1.807) is 21.6 Å². The van der Waals surface area contributed by atoms with Gasteiger partial charge in [0.15, 0.2) is 0 Å². The Morgan fingerprint density at radius 2 is 0.719 bits per heavy atom. The highest BCUT2D eigenvalue weighted by Gasteiger charge is 2.00. The normalized spacial score (nSPS) is 8.56. The van der Waals surface area contributed by atoms with Crippen LogP contribution in [0.15, 0.2) is 0 Å². The van der Waals surface area contributed by atoms with Crippen molar-refractivity contribution in [1.82, 2.24) is 0 Å². The van der Waals surface area contributed by atoms with E-state index in [0.29, 0.717) is 23.5 Å². The molecular formula is C12H30N4O8S8. The molecule has 12 nitrogen and oxygen atoms in total. The van der Waals surface area contributed by atoms with Crippen molar-refractivity contribution in [2.45, 2.75) is 0 Å². The van der Waals surface area contributed by atoms with Crippen LogP contribution in [-0.4, -0.2) is 90.8 Å². The molecule has 0 bridgehead atoms. The Morgan fingerprint density at radius 1 is 0.531 bits per heavy atom. The summed E-state index contributed by atoms with van der Waals surface area (Å²) in [5.41, 5.74) is 20.0. The monoisotopic (exact) mass is 614 g/mol. The third-order valence-electron chi connectivity index (χ3n) is 1.14. The maximum absolute atomic E-state index is 9.86. The van der Waals surface area contributed by atoms with E-state index in [0.717, 1.165) is 21.6 Å². The van der Waals surface area contributed by atoms with Crippen LogP contribution >= 0.6 is 90.0 Å². The van der Waals surface area contributed by atoms with E-state index in [2.05, 4.69) is 25.3 Å².